The minimum absolute atomic E-state index is 0.0358. The molecular weight excluding hydrogens is 444 g/mol. The van der Waals surface area contributed by atoms with Crippen molar-refractivity contribution in [2.75, 3.05) is 13.1 Å². The Morgan fingerprint density at radius 3 is 2.44 bits per heavy atom. The molecule has 1 aromatic carbocycles. The minimum Gasteiger partial charge on any atom is -0.348 e. The highest BCUT2D eigenvalue weighted by atomic mass is 35.5. The molecule has 0 radical (unpaired) electrons. The van der Waals surface area contributed by atoms with Crippen LogP contribution in [0.5, 0.6) is 0 Å². The van der Waals surface area contributed by atoms with Crippen molar-refractivity contribution in [3.63, 3.8) is 0 Å². The van der Waals surface area contributed by atoms with Crippen molar-refractivity contribution >= 4 is 17.5 Å². The Kier molecular flexibility index (Phi) is 6.72. The number of hydrogen-bond acceptors (Lipinski definition) is 4. The summed E-state index contributed by atoms with van der Waals surface area (Å²) in [4.78, 5) is 17.5. The molecule has 176 valence electrons. The quantitative estimate of drug-likeness (QED) is 0.620. The zero-order chi connectivity index (χ0) is 24.5. The summed E-state index contributed by atoms with van der Waals surface area (Å²) in [6, 6.07) is 11.3. The Balaban J connectivity index is 1.45. The smallest absolute Gasteiger partial charge is 0.253 e. The summed E-state index contributed by atoms with van der Waals surface area (Å²) in [7, 11) is 0. The maximum atomic E-state index is 13.1. The second-order valence-corrected chi connectivity index (χ2v) is 11.0. The lowest BCUT2D eigenvalue weighted by atomic mass is 9.43. The third-order valence-electron chi connectivity index (χ3n) is 7.47. The van der Waals surface area contributed by atoms with E-state index in [9.17, 15) is 10.1 Å². The van der Waals surface area contributed by atoms with Gasteiger partial charge in [0.1, 0.15) is 11.8 Å². The van der Waals surface area contributed by atoms with Crippen LogP contribution in [0.1, 0.15) is 73.6 Å². The van der Waals surface area contributed by atoms with Gasteiger partial charge in [-0.3, -0.25) is 4.79 Å². The standard InChI is InChI=1S/C28H31ClN4O/c1-27(2)24(19-6-7-20(16-30)23(29)15-19)28(3,4)26(27)33-25(34)21-8-10-22(32-17-21)9-5-18-11-13-31-14-12-18/h6-8,10,15,17-18,24,26,31H,11-14H2,1-4H3,(H,33,34). The molecular formula is C28H31ClN4O. The van der Waals surface area contributed by atoms with Crippen LogP contribution in [0.4, 0.5) is 0 Å². The van der Waals surface area contributed by atoms with Gasteiger partial charge in [0.05, 0.1) is 16.1 Å². The van der Waals surface area contributed by atoms with E-state index < -0.39 is 0 Å². The number of benzene rings is 1. The fourth-order valence-electron chi connectivity index (χ4n) is 6.15. The second-order valence-electron chi connectivity index (χ2n) is 10.6. The highest BCUT2D eigenvalue weighted by molar-refractivity contribution is 6.31. The third-order valence-corrected chi connectivity index (χ3v) is 7.78. The first-order chi connectivity index (χ1) is 16.1. The van der Waals surface area contributed by atoms with Gasteiger partial charge in [0.15, 0.2) is 0 Å². The van der Waals surface area contributed by atoms with E-state index in [0.29, 0.717) is 27.8 Å². The van der Waals surface area contributed by atoms with E-state index in [1.165, 1.54) is 0 Å². The van der Waals surface area contributed by atoms with E-state index in [2.05, 4.69) is 61.2 Å². The molecule has 0 spiro atoms. The van der Waals surface area contributed by atoms with Crippen LogP contribution in [0.3, 0.4) is 0 Å². The Morgan fingerprint density at radius 1 is 1.15 bits per heavy atom. The van der Waals surface area contributed by atoms with Gasteiger partial charge in [-0.1, -0.05) is 51.3 Å². The van der Waals surface area contributed by atoms with Crippen LogP contribution < -0.4 is 10.6 Å². The third kappa shape index (κ3) is 4.56. The number of carbonyl (C=O) groups is 1. The average molecular weight is 475 g/mol. The number of rotatable bonds is 3. The number of amides is 1. The van der Waals surface area contributed by atoms with Crippen molar-refractivity contribution in [1.29, 1.82) is 5.26 Å². The maximum absolute atomic E-state index is 13.1. The fourth-order valence-corrected chi connectivity index (χ4v) is 6.38. The van der Waals surface area contributed by atoms with Gasteiger partial charge in [-0.2, -0.15) is 5.26 Å². The topological polar surface area (TPSA) is 77.8 Å². The maximum Gasteiger partial charge on any atom is 0.253 e. The van der Waals surface area contributed by atoms with E-state index in [1.54, 1.807) is 18.3 Å². The molecule has 1 aromatic heterocycles. The highest BCUT2D eigenvalue weighted by Gasteiger charge is 2.62. The van der Waals surface area contributed by atoms with E-state index in [0.717, 1.165) is 31.5 Å². The summed E-state index contributed by atoms with van der Waals surface area (Å²) >= 11 is 6.31. The normalized spacial score (nSPS) is 23.1. The van der Waals surface area contributed by atoms with Crippen molar-refractivity contribution < 1.29 is 4.79 Å². The van der Waals surface area contributed by atoms with E-state index in [4.69, 9.17) is 11.6 Å². The molecule has 2 aliphatic rings. The number of nitrogens with one attached hydrogen (secondary N) is 2. The Hall–Kier alpha value is -2.86. The Labute approximate surface area is 207 Å². The number of hydrogen-bond donors (Lipinski definition) is 2. The van der Waals surface area contributed by atoms with E-state index >= 15 is 0 Å². The summed E-state index contributed by atoms with van der Waals surface area (Å²) in [5.41, 5.74) is 2.40. The second kappa shape index (κ2) is 9.41. The minimum atomic E-state index is -0.190. The summed E-state index contributed by atoms with van der Waals surface area (Å²) in [5.74, 6) is 6.93. The molecule has 2 heterocycles. The van der Waals surface area contributed by atoms with Crippen LogP contribution in [-0.2, 0) is 0 Å². The molecule has 1 amide bonds. The van der Waals surface area contributed by atoms with Gasteiger partial charge in [0.25, 0.3) is 5.91 Å². The number of nitrogens with zero attached hydrogens (tertiary/aromatic N) is 2. The van der Waals surface area contributed by atoms with Crippen molar-refractivity contribution in [2.24, 2.45) is 16.7 Å². The summed E-state index contributed by atoms with van der Waals surface area (Å²) in [6.45, 7) is 10.7. The van der Waals surface area contributed by atoms with Crippen molar-refractivity contribution in [3.05, 3.63) is 63.9 Å². The van der Waals surface area contributed by atoms with Gasteiger partial charge in [-0.25, -0.2) is 4.98 Å². The Bertz CT molecular complexity index is 1160. The van der Waals surface area contributed by atoms with E-state index in [-0.39, 0.29) is 28.7 Å². The molecule has 5 nitrogen and oxygen atoms in total. The SMILES string of the molecule is CC1(C)C(NC(=O)c2ccc(C#CC3CCNCC3)nc2)C(C)(C)C1c1ccc(C#N)c(Cl)c1. The predicted molar refractivity (Wildman–Crippen MR) is 134 cm³/mol. The van der Waals surface area contributed by atoms with E-state index in [1.807, 2.05) is 18.2 Å². The number of carbonyl (C=O) groups excluding carboxylic acids is 1. The number of piperidine rings is 1. The first kappa shape index (κ1) is 24.3. The van der Waals surface area contributed by atoms with Gasteiger partial charge in [0.2, 0.25) is 0 Å². The van der Waals surface area contributed by atoms with Crippen LogP contribution in [0, 0.1) is 39.9 Å². The monoisotopic (exact) mass is 474 g/mol. The van der Waals surface area contributed by atoms with Crippen molar-refractivity contribution in [3.8, 4) is 17.9 Å². The first-order valence-corrected chi connectivity index (χ1v) is 12.2. The molecule has 0 bridgehead atoms. The van der Waals surface area contributed by atoms with Gasteiger partial charge in [-0.15, -0.1) is 0 Å². The van der Waals surface area contributed by atoms with Crippen LogP contribution in [0.25, 0.3) is 0 Å². The first-order valence-electron chi connectivity index (χ1n) is 11.8. The number of halogens is 1. The molecule has 2 aromatic rings. The van der Waals surface area contributed by atoms with Crippen molar-refractivity contribution in [2.45, 2.75) is 52.5 Å². The molecule has 2 N–H and O–H groups in total. The molecule has 34 heavy (non-hydrogen) atoms. The molecule has 0 unspecified atom stereocenters. The van der Waals surface area contributed by atoms with Crippen LogP contribution >= 0.6 is 11.6 Å². The molecule has 6 heteroatoms. The van der Waals surface area contributed by atoms with Gasteiger partial charge in [-0.05, 0) is 78.4 Å². The average Bonchev–Trinajstić information content (AvgIpc) is 2.81. The molecule has 0 atom stereocenters. The van der Waals surface area contributed by atoms with Gasteiger partial charge < -0.3 is 10.6 Å². The highest BCUT2D eigenvalue weighted by Crippen LogP contribution is 2.64. The van der Waals surface area contributed by atoms with Crippen LogP contribution in [0.15, 0.2) is 36.5 Å². The molecule has 1 aliphatic heterocycles. The lowest BCUT2D eigenvalue weighted by molar-refractivity contribution is -0.0720. The molecule has 4 rings (SSSR count). The zero-order valence-corrected chi connectivity index (χ0v) is 21.0. The molecule has 1 aliphatic carbocycles. The molecule has 1 saturated heterocycles. The van der Waals surface area contributed by atoms with Crippen LogP contribution in [-0.4, -0.2) is 30.0 Å². The van der Waals surface area contributed by atoms with Crippen LogP contribution in [0.2, 0.25) is 5.02 Å². The zero-order valence-electron chi connectivity index (χ0n) is 20.2. The lowest BCUT2D eigenvalue weighted by Crippen LogP contribution is -2.68. The summed E-state index contributed by atoms with van der Waals surface area (Å²) in [5, 5.41) is 16.2. The van der Waals surface area contributed by atoms with Gasteiger partial charge in [0, 0.05) is 18.2 Å². The fraction of sp³-hybridized carbons (Fsp3) is 0.464. The number of pyridine rings is 1. The lowest BCUT2D eigenvalue weighted by Gasteiger charge is -2.64. The van der Waals surface area contributed by atoms with Crippen molar-refractivity contribution in [1.82, 2.24) is 15.6 Å². The summed E-state index contributed by atoms with van der Waals surface area (Å²) < 4.78 is 0. The number of aromatic nitrogens is 1. The summed E-state index contributed by atoms with van der Waals surface area (Å²) in [6.07, 6.45) is 3.74. The predicted octanol–water partition coefficient (Wildman–Crippen LogP) is 4.91. The molecule has 1 saturated carbocycles. The van der Waals surface area contributed by atoms with Gasteiger partial charge >= 0.3 is 0 Å². The largest absolute Gasteiger partial charge is 0.348 e. The number of nitriles is 1. The molecule has 2 fully saturated rings. The Morgan fingerprint density at radius 2 is 1.85 bits per heavy atom.